The Bertz CT molecular complexity index is 553. The number of halogens is 3. The molecule has 1 atom stereocenters. The predicted octanol–water partition coefficient (Wildman–Crippen LogP) is 4.34. The normalized spacial score (nSPS) is 16.2. The molecule has 6 heteroatoms. The van der Waals surface area contributed by atoms with Crippen LogP contribution in [0.1, 0.15) is 50.3 Å². The third-order valence-corrected chi connectivity index (χ3v) is 3.94. The fraction of sp³-hybridized carbons (Fsp3) is 0.611. The SMILES string of the molecule is CC(C)CC(NC(=O)COCC1CC1)c1cccc(C(F)(F)F)c1. The van der Waals surface area contributed by atoms with Crippen molar-refractivity contribution in [3.63, 3.8) is 0 Å². The van der Waals surface area contributed by atoms with Gasteiger partial charge in [0, 0.05) is 0 Å². The number of hydrogen-bond acceptors (Lipinski definition) is 2. The van der Waals surface area contributed by atoms with Crippen molar-refractivity contribution in [3.8, 4) is 0 Å². The van der Waals surface area contributed by atoms with Crippen molar-refractivity contribution in [2.24, 2.45) is 11.8 Å². The highest BCUT2D eigenvalue weighted by Gasteiger charge is 2.31. The molecule has 1 aromatic carbocycles. The second-order valence-electron chi connectivity index (χ2n) is 6.83. The molecule has 1 aromatic rings. The number of alkyl halides is 3. The monoisotopic (exact) mass is 343 g/mol. The summed E-state index contributed by atoms with van der Waals surface area (Å²) >= 11 is 0. The average molecular weight is 343 g/mol. The summed E-state index contributed by atoms with van der Waals surface area (Å²) < 4.78 is 44.0. The summed E-state index contributed by atoms with van der Waals surface area (Å²) in [4.78, 5) is 12.0. The van der Waals surface area contributed by atoms with Crippen LogP contribution in [0.2, 0.25) is 0 Å². The zero-order valence-corrected chi connectivity index (χ0v) is 14.0. The minimum Gasteiger partial charge on any atom is -0.371 e. The van der Waals surface area contributed by atoms with E-state index in [1.165, 1.54) is 6.07 Å². The molecule has 1 saturated carbocycles. The van der Waals surface area contributed by atoms with Crippen molar-refractivity contribution >= 4 is 5.91 Å². The topological polar surface area (TPSA) is 38.3 Å². The zero-order valence-electron chi connectivity index (χ0n) is 14.0. The van der Waals surface area contributed by atoms with Gasteiger partial charge in [0.15, 0.2) is 0 Å². The number of nitrogens with one attached hydrogen (secondary N) is 1. The summed E-state index contributed by atoms with van der Waals surface area (Å²) in [5.41, 5.74) is -0.234. The molecule has 0 aromatic heterocycles. The third-order valence-electron chi connectivity index (χ3n) is 3.94. The molecule has 24 heavy (non-hydrogen) atoms. The molecule has 1 fully saturated rings. The molecule has 1 amide bonds. The van der Waals surface area contributed by atoms with Crippen LogP contribution in [0.3, 0.4) is 0 Å². The summed E-state index contributed by atoms with van der Waals surface area (Å²) in [6, 6.07) is 4.69. The highest BCUT2D eigenvalue weighted by molar-refractivity contribution is 5.77. The van der Waals surface area contributed by atoms with Crippen LogP contribution in [0.15, 0.2) is 24.3 Å². The van der Waals surface area contributed by atoms with Crippen LogP contribution in [0.25, 0.3) is 0 Å². The number of carbonyl (C=O) groups is 1. The van der Waals surface area contributed by atoms with Crippen molar-refractivity contribution in [2.45, 2.75) is 45.3 Å². The Labute approximate surface area is 140 Å². The summed E-state index contributed by atoms with van der Waals surface area (Å²) in [5, 5.41) is 2.81. The van der Waals surface area contributed by atoms with Gasteiger partial charge in [-0.05, 0) is 48.8 Å². The van der Waals surface area contributed by atoms with E-state index in [4.69, 9.17) is 4.74 Å². The Morgan fingerprint density at radius 2 is 2.04 bits per heavy atom. The number of carbonyl (C=O) groups excluding carboxylic acids is 1. The first-order chi connectivity index (χ1) is 11.3. The molecule has 134 valence electrons. The van der Waals surface area contributed by atoms with E-state index in [2.05, 4.69) is 5.32 Å². The van der Waals surface area contributed by atoms with Crippen molar-refractivity contribution in [2.75, 3.05) is 13.2 Å². The van der Waals surface area contributed by atoms with Crippen molar-refractivity contribution in [1.82, 2.24) is 5.32 Å². The van der Waals surface area contributed by atoms with Crippen molar-refractivity contribution in [1.29, 1.82) is 0 Å². The summed E-state index contributed by atoms with van der Waals surface area (Å²) in [6.45, 7) is 4.46. The molecule has 0 heterocycles. The molecule has 2 rings (SSSR count). The van der Waals surface area contributed by atoms with Gasteiger partial charge in [-0.25, -0.2) is 0 Å². The molecule has 0 spiro atoms. The van der Waals surface area contributed by atoms with Crippen LogP contribution in [0.5, 0.6) is 0 Å². The first-order valence-corrected chi connectivity index (χ1v) is 8.30. The quantitative estimate of drug-likeness (QED) is 0.763. The molecule has 0 aliphatic heterocycles. The minimum atomic E-state index is -4.39. The van der Waals surface area contributed by atoms with E-state index in [1.807, 2.05) is 13.8 Å². The highest BCUT2D eigenvalue weighted by atomic mass is 19.4. The molecule has 1 unspecified atom stereocenters. The predicted molar refractivity (Wildman–Crippen MR) is 85.3 cm³/mol. The molecule has 0 bridgehead atoms. The molecule has 1 aliphatic rings. The van der Waals surface area contributed by atoms with Crippen molar-refractivity contribution in [3.05, 3.63) is 35.4 Å². The van der Waals surface area contributed by atoms with Gasteiger partial charge in [-0.1, -0.05) is 26.0 Å². The fourth-order valence-corrected chi connectivity index (χ4v) is 2.52. The van der Waals surface area contributed by atoms with E-state index < -0.39 is 17.8 Å². The minimum absolute atomic E-state index is 0.0515. The van der Waals surface area contributed by atoms with Gasteiger partial charge in [0.2, 0.25) is 5.91 Å². The highest BCUT2D eigenvalue weighted by Crippen LogP contribution is 2.32. The lowest BCUT2D eigenvalue weighted by Gasteiger charge is -2.22. The fourth-order valence-electron chi connectivity index (χ4n) is 2.52. The van der Waals surface area contributed by atoms with Gasteiger partial charge in [0.25, 0.3) is 0 Å². The van der Waals surface area contributed by atoms with Crippen LogP contribution < -0.4 is 5.32 Å². The molecule has 0 saturated heterocycles. The van der Waals surface area contributed by atoms with Gasteiger partial charge in [-0.15, -0.1) is 0 Å². The second-order valence-corrected chi connectivity index (χ2v) is 6.83. The second kappa shape index (κ2) is 8.01. The lowest BCUT2D eigenvalue weighted by molar-refractivity contribution is -0.137. The Morgan fingerprint density at radius 3 is 2.62 bits per heavy atom. The standard InChI is InChI=1S/C18H24F3NO2/c1-12(2)8-16(22-17(23)11-24-10-13-6-7-13)14-4-3-5-15(9-14)18(19,20)21/h3-5,9,12-13,16H,6-8,10-11H2,1-2H3,(H,22,23). The van der Waals surface area contributed by atoms with E-state index in [9.17, 15) is 18.0 Å². The van der Waals surface area contributed by atoms with Crippen LogP contribution in [-0.4, -0.2) is 19.1 Å². The van der Waals surface area contributed by atoms with E-state index in [0.717, 1.165) is 25.0 Å². The van der Waals surface area contributed by atoms with Gasteiger partial charge >= 0.3 is 6.18 Å². The van der Waals surface area contributed by atoms with Crippen LogP contribution >= 0.6 is 0 Å². The first kappa shape index (κ1) is 18.8. The smallest absolute Gasteiger partial charge is 0.371 e. The van der Waals surface area contributed by atoms with Gasteiger partial charge in [0.05, 0.1) is 18.2 Å². The molecule has 1 aliphatic carbocycles. The summed E-state index contributed by atoms with van der Waals surface area (Å²) in [6.07, 6.45) is -1.55. The van der Waals surface area contributed by atoms with E-state index in [-0.39, 0.29) is 18.4 Å². The Kier molecular flexibility index (Phi) is 6.27. The maximum atomic E-state index is 12.9. The molecule has 3 nitrogen and oxygen atoms in total. The number of rotatable bonds is 8. The number of ether oxygens (including phenoxy) is 1. The van der Waals surface area contributed by atoms with Crippen molar-refractivity contribution < 1.29 is 22.7 Å². The van der Waals surface area contributed by atoms with Crippen LogP contribution in [-0.2, 0) is 15.7 Å². The Morgan fingerprint density at radius 1 is 1.33 bits per heavy atom. The van der Waals surface area contributed by atoms with E-state index >= 15 is 0 Å². The Hall–Kier alpha value is -1.56. The van der Waals surface area contributed by atoms with Crippen LogP contribution in [0.4, 0.5) is 13.2 Å². The Balaban J connectivity index is 2.02. The number of benzene rings is 1. The lowest BCUT2D eigenvalue weighted by atomic mass is 9.95. The zero-order chi connectivity index (χ0) is 17.7. The maximum Gasteiger partial charge on any atom is 0.416 e. The average Bonchev–Trinajstić information content (AvgIpc) is 3.29. The molecular formula is C18H24F3NO2. The third kappa shape index (κ3) is 6.15. The van der Waals surface area contributed by atoms with Gasteiger partial charge in [-0.2, -0.15) is 13.2 Å². The number of amides is 1. The molecular weight excluding hydrogens is 319 g/mol. The summed E-state index contributed by atoms with van der Waals surface area (Å²) in [5.74, 6) is 0.503. The van der Waals surface area contributed by atoms with Gasteiger partial charge in [-0.3, -0.25) is 4.79 Å². The number of hydrogen-bond donors (Lipinski definition) is 1. The van der Waals surface area contributed by atoms with Gasteiger partial charge in [0.1, 0.15) is 6.61 Å². The first-order valence-electron chi connectivity index (χ1n) is 8.30. The summed E-state index contributed by atoms with van der Waals surface area (Å²) in [7, 11) is 0. The maximum absolute atomic E-state index is 12.9. The molecule has 1 N–H and O–H groups in total. The molecule has 0 radical (unpaired) electrons. The largest absolute Gasteiger partial charge is 0.416 e. The van der Waals surface area contributed by atoms with E-state index in [0.29, 0.717) is 24.5 Å². The van der Waals surface area contributed by atoms with Crippen LogP contribution in [0, 0.1) is 11.8 Å². The van der Waals surface area contributed by atoms with Gasteiger partial charge < -0.3 is 10.1 Å². The van der Waals surface area contributed by atoms with E-state index in [1.54, 1.807) is 6.07 Å². The lowest BCUT2D eigenvalue weighted by Crippen LogP contribution is -2.32.